The summed E-state index contributed by atoms with van der Waals surface area (Å²) in [6, 6.07) is 7.84. The van der Waals surface area contributed by atoms with E-state index in [2.05, 4.69) is 22.4 Å². The molecule has 7 heteroatoms. The number of amides is 1. The van der Waals surface area contributed by atoms with E-state index >= 15 is 0 Å². The van der Waals surface area contributed by atoms with Crippen molar-refractivity contribution >= 4 is 34.1 Å². The second kappa shape index (κ2) is 9.52. The van der Waals surface area contributed by atoms with Crippen molar-refractivity contribution < 1.29 is 9.53 Å². The molecule has 1 aromatic heterocycles. The maximum absolute atomic E-state index is 12.0. The molecule has 1 heterocycles. The molecule has 0 saturated heterocycles. The summed E-state index contributed by atoms with van der Waals surface area (Å²) in [5.41, 5.74) is 1.11. The lowest BCUT2D eigenvalue weighted by atomic mass is 10.1. The number of nitrogens with zero attached hydrogens (tertiary/aromatic N) is 2. The Morgan fingerprint density at radius 2 is 2.04 bits per heavy atom. The second-order valence-corrected chi connectivity index (χ2v) is 7.17. The van der Waals surface area contributed by atoms with Crippen LogP contribution in [0.3, 0.4) is 0 Å². The Hall–Kier alpha value is -1.60. The van der Waals surface area contributed by atoms with Gasteiger partial charge in [-0.1, -0.05) is 42.2 Å². The van der Waals surface area contributed by atoms with E-state index in [1.165, 1.54) is 11.3 Å². The Balaban J connectivity index is 1.77. The van der Waals surface area contributed by atoms with E-state index < -0.39 is 0 Å². The quantitative estimate of drug-likeness (QED) is 0.546. The standard InChI is InChI=1S/C16H21N3O2S2/c1-3-11-22-16-19-18-15(23-16)17-14(20)10-7-12-5-8-13(9-6-12)21-4-2/h5-6,8-9H,3-4,7,10-11H2,1-2H3,(H,17,18,20). The summed E-state index contributed by atoms with van der Waals surface area (Å²) in [7, 11) is 0. The number of hydrogen-bond acceptors (Lipinski definition) is 6. The molecule has 1 aromatic carbocycles. The van der Waals surface area contributed by atoms with E-state index in [1.807, 2.05) is 31.2 Å². The van der Waals surface area contributed by atoms with Crippen molar-refractivity contribution in [2.45, 2.75) is 37.4 Å². The van der Waals surface area contributed by atoms with Gasteiger partial charge >= 0.3 is 0 Å². The van der Waals surface area contributed by atoms with Gasteiger partial charge in [-0.25, -0.2) is 0 Å². The number of anilines is 1. The largest absolute Gasteiger partial charge is 0.494 e. The van der Waals surface area contributed by atoms with Crippen molar-refractivity contribution in [3.63, 3.8) is 0 Å². The van der Waals surface area contributed by atoms with Crippen LogP contribution in [0.1, 0.15) is 32.3 Å². The molecule has 0 fully saturated rings. The molecule has 124 valence electrons. The van der Waals surface area contributed by atoms with Crippen molar-refractivity contribution in [2.24, 2.45) is 0 Å². The summed E-state index contributed by atoms with van der Waals surface area (Å²) >= 11 is 3.09. The molecule has 1 N–H and O–H groups in total. The third-order valence-corrected chi connectivity index (χ3v) is 5.14. The number of nitrogens with one attached hydrogen (secondary N) is 1. The molecule has 0 aliphatic rings. The first-order valence-corrected chi connectivity index (χ1v) is 9.49. The zero-order valence-corrected chi connectivity index (χ0v) is 15.0. The SMILES string of the molecule is CCCSc1nnc(NC(=O)CCc2ccc(OCC)cc2)s1. The molecule has 0 atom stereocenters. The summed E-state index contributed by atoms with van der Waals surface area (Å²) in [6.07, 6.45) is 2.20. The third-order valence-electron chi connectivity index (χ3n) is 2.96. The second-order valence-electron chi connectivity index (χ2n) is 4.85. The Kier molecular flexibility index (Phi) is 7.35. The van der Waals surface area contributed by atoms with Gasteiger partial charge in [0.15, 0.2) is 4.34 Å². The molecule has 0 unspecified atom stereocenters. The fourth-order valence-corrected chi connectivity index (χ4v) is 3.56. The van der Waals surface area contributed by atoms with Crippen LogP contribution in [0, 0.1) is 0 Å². The van der Waals surface area contributed by atoms with E-state index in [-0.39, 0.29) is 5.91 Å². The Morgan fingerprint density at radius 1 is 1.26 bits per heavy atom. The first-order chi connectivity index (χ1) is 11.2. The molecule has 2 aromatic rings. The fraction of sp³-hybridized carbons (Fsp3) is 0.438. The minimum absolute atomic E-state index is 0.0397. The monoisotopic (exact) mass is 351 g/mol. The molecule has 0 aliphatic heterocycles. The van der Waals surface area contributed by atoms with Crippen molar-refractivity contribution in [2.75, 3.05) is 17.7 Å². The van der Waals surface area contributed by atoms with E-state index in [9.17, 15) is 4.79 Å². The fourth-order valence-electron chi connectivity index (χ4n) is 1.87. The van der Waals surface area contributed by atoms with Crippen LogP contribution in [0.15, 0.2) is 28.6 Å². The maximum atomic E-state index is 12.0. The van der Waals surface area contributed by atoms with Crippen LogP contribution in [-0.4, -0.2) is 28.5 Å². The minimum atomic E-state index is -0.0397. The number of hydrogen-bond donors (Lipinski definition) is 1. The van der Waals surface area contributed by atoms with Crippen molar-refractivity contribution in [3.8, 4) is 5.75 Å². The van der Waals surface area contributed by atoms with Crippen LogP contribution >= 0.6 is 23.1 Å². The lowest BCUT2D eigenvalue weighted by Gasteiger charge is -2.05. The Bertz CT molecular complexity index is 614. The van der Waals surface area contributed by atoms with Gasteiger partial charge in [0.25, 0.3) is 0 Å². The summed E-state index contributed by atoms with van der Waals surface area (Å²) in [4.78, 5) is 12.0. The number of carbonyl (C=O) groups is 1. The minimum Gasteiger partial charge on any atom is -0.494 e. The number of benzene rings is 1. The average molecular weight is 351 g/mol. The topological polar surface area (TPSA) is 64.1 Å². The molecular weight excluding hydrogens is 330 g/mol. The van der Waals surface area contributed by atoms with Crippen LogP contribution in [0.2, 0.25) is 0 Å². The number of ether oxygens (including phenoxy) is 1. The van der Waals surface area contributed by atoms with Crippen LogP contribution < -0.4 is 10.1 Å². The highest BCUT2D eigenvalue weighted by Gasteiger charge is 2.08. The van der Waals surface area contributed by atoms with Gasteiger partial charge in [-0.3, -0.25) is 4.79 Å². The number of aromatic nitrogens is 2. The highest BCUT2D eigenvalue weighted by molar-refractivity contribution is 8.01. The molecule has 1 amide bonds. The lowest BCUT2D eigenvalue weighted by Crippen LogP contribution is -2.12. The first kappa shape index (κ1) is 17.7. The van der Waals surface area contributed by atoms with Gasteiger partial charge in [-0.15, -0.1) is 10.2 Å². The zero-order valence-electron chi connectivity index (χ0n) is 13.4. The van der Waals surface area contributed by atoms with Gasteiger partial charge in [0.05, 0.1) is 6.61 Å². The van der Waals surface area contributed by atoms with E-state index in [0.29, 0.717) is 24.6 Å². The molecule has 0 bridgehead atoms. The summed E-state index contributed by atoms with van der Waals surface area (Å²) in [5.74, 6) is 1.83. The zero-order chi connectivity index (χ0) is 16.5. The van der Waals surface area contributed by atoms with Crippen LogP contribution in [0.25, 0.3) is 0 Å². The predicted molar refractivity (Wildman–Crippen MR) is 95.5 cm³/mol. The van der Waals surface area contributed by atoms with Crippen molar-refractivity contribution in [1.82, 2.24) is 10.2 Å². The maximum Gasteiger partial charge on any atom is 0.226 e. The van der Waals surface area contributed by atoms with Gasteiger partial charge in [0.2, 0.25) is 11.0 Å². The van der Waals surface area contributed by atoms with Gasteiger partial charge < -0.3 is 10.1 Å². The summed E-state index contributed by atoms with van der Waals surface area (Å²) in [6.45, 7) is 4.73. The molecule has 0 spiro atoms. The van der Waals surface area contributed by atoms with Gasteiger partial charge in [-0.05, 0) is 37.5 Å². The average Bonchev–Trinajstić information content (AvgIpc) is 3.00. The van der Waals surface area contributed by atoms with Gasteiger partial charge in [0, 0.05) is 12.2 Å². The van der Waals surface area contributed by atoms with Crippen molar-refractivity contribution in [3.05, 3.63) is 29.8 Å². The Labute approximate surface area is 144 Å². The molecule has 2 rings (SSSR count). The highest BCUT2D eigenvalue weighted by Crippen LogP contribution is 2.25. The molecule has 0 aliphatic carbocycles. The smallest absolute Gasteiger partial charge is 0.226 e. The number of thioether (sulfide) groups is 1. The molecule has 23 heavy (non-hydrogen) atoms. The van der Waals surface area contributed by atoms with Crippen LogP contribution in [-0.2, 0) is 11.2 Å². The van der Waals surface area contributed by atoms with Crippen molar-refractivity contribution in [1.29, 1.82) is 0 Å². The molecule has 0 radical (unpaired) electrons. The first-order valence-electron chi connectivity index (χ1n) is 7.69. The lowest BCUT2D eigenvalue weighted by molar-refractivity contribution is -0.116. The molecule has 0 saturated carbocycles. The Morgan fingerprint density at radius 3 is 2.74 bits per heavy atom. The number of rotatable bonds is 9. The predicted octanol–water partition coefficient (Wildman–Crippen LogP) is 4.01. The van der Waals surface area contributed by atoms with E-state index in [0.717, 1.165) is 27.8 Å². The number of aryl methyl sites for hydroxylation is 1. The third kappa shape index (κ3) is 6.19. The number of carbonyl (C=O) groups excluding carboxylic acids is 1. The van der Waals surface area contributed by atoms with E-state index in [4.69, 9.17) is 4.74 Å². The normalized spacial score (nSPS) is 10.5. The summed E-state index contributed by atoms with van der Waals surface area (Å²) in [5, 5.41) is 11.4. The molecule has 5 nitrogen and oxygen atoms in total. The van der Waals surface area contributed by atoms with Gasteiger partial charge in [-0.2, -0.15) is 0 Å². The molecular formula is C16H21N3O2S2. The van der Waals surface area contributed by atoms with Gasteiger partial charge in [0.1, 0.15) is 5.75 Å². The van der Waals surface area contributed by atoms with Crippen LogP contribution in [0.4, 0.5) is 5.13 Å². The van der Waals surface area contributed by atoms with Crippen LogP contribution in [0.5, 0.6) is 5.75 Å². The van der Waals surface area contributed by atoms with E-state index in [1.54, 1.807) is 11.8 Å². The summed E-state index contributed by atoms with van der Waals surface area (Å²) < 4.78 is 6.30. The highest BCUT2D eigenvalue weighted by atomic mass is 32.2.